The van der Waals surface area contributed by atoms with E-state index in [4.69, 9.17) is 16.3 Å². The highest BCUT2D eigenvalue weighted by atomic mass is 35.5. The number of nitrogens with one attached hydrogen (secondary N) is 1. The Labute approximate surface area is 107 Å². The fourth-order valence-corrected chi connectivity index (χ4v) is 2.70. The Morgan fingerprint density at radius 3 is 2.65 bits per heavy atom. The van der Waals surface area contributed by atoms with Gasteiger partial charge >= 0.3 is 0 Å². The summed E-state index contributed by atoms with van der Waals surface area (Å²) in [5, 5.41) is 4.24. The monoisotopic (exact) mass is 251 g/mol. The van der Waals surface area contributed by atoms with E-state index in [0.717, 1.165) is 17.3 Å². The second kappa shape index (κ2) is 4.87. The topological polar surface area (TPSA) is 21.3 Å². The highest BCUT2D eigenvalue weighted by molar-refractivity contribution is 6.32. The Morgan fingerprint density at radius 2 is 2.06 bits per heavy atom. The van der Waals surface area contributed by atoms with Crippen LogP contribution in [0.4, 0.5) is 0 Å². The van der Waals surface area contributed by atoms with Gasteiger partial charge in [-0.3, -0.25) is 0 Å². The molecule has 2 fully saturated rings. The molecule has 0 spiro atoms. The van der Waals surface area contributed by atoms with E-state index in [9.17, 15) is 0 Å². The van der Waals surface area contributed by atoms with Crippen LogP contribution in [0.2, 0.25) is 5.02 Å². The molecule has 0 radical (unpaired) electrons. The van der Waals surface area contributed by atoms with Gasteiger partial charge < -0.3 is 10.1 Å². The zero-order valence-corrected chi connectivity index (χ0v) is 10.7. The zero-order valence-electron chi connectivity index (χ0n) is 9.92. The standard InChI is InChI=1S/C14H18ClNO/c15-12-9-10(13-5-2-8-16-13)6-7-14(12)17-11-3-1-4-11/h6-7,9,11,13,16H,1-5,8H2. The summed E-state index contributed by atoms with van der Waals surface area (Å²) in [4.78, 5) is 0. The Kier molecular flexibility index (Phi) is 3.26. The second-order valence-corrected chi connectivity index (χ2v) is 5.42. The van der Waals surface area contributed by atoms with Crippen LogP contribution in [0, 0.1) is 0 Å². The third-order valence-electron chi connectivity index (χ3n) is 3.76. The first-order valence-electron chi connectivity index (χ1n) is 6.52. The quantitative estimate of drug-likeness (QED) is 0.885. The van der Waals surface area contributed by atoms with E-state index in [1.165, 1.54) is 37.7 Å². The number of ether oxygens (including phenoxy) is 1. The Hall–Kier alpha value is -0.730. The largest absolute Gasteiger partial charge is 0.489 e. The van der Waals surface area contributed by atoms with Gasteiger partial charge in [0.2, 0.25) is 0 Å². The average molecular weight is 252 g/mol. The van der Waals surface area contributed by atoms with Crippen molar-refractivity contribution in [1.82, 2.24) is 5.32 Å². The molecular formula is C14H18ClNO. The van der Waals surface area contributed by atoms with Gasteiger partial charge in [-0.1, -0.05) is 17.7 Å². The molecule has 1 aromatic rings. The van der Waals surface area contributed by atoms with E-state index >= 15 is 0 Å². The van der Waals surface area contributed by atoms with Gasteiger partial charge in [0.1, 0.15) is 5.75 Å². The normalized spacial score (nSPS) is 24.6. The third-order valence-corrected chi connectivity index (χ3v) is 4.06. The number of halogens is 1. The molecule has 1 N–H and O–H groups in total. The van der Waals surface area contributed by atoms with Crippen LogP contribution in [0.5, 0.6) is 5.75 Å². The maximum atomic E-state index is 6.28. The molecule has 1 saturated carbocycles. The summed E-state index contributed by atoms with van der Waals surface area (Å²) in [5.74, 6) is 0.845. The van der Waals surface area contributed by atoms with Crippen molar-refractivity contribution < 1.29 is 4.74 Å². The van der Waals surface area contributed by atoms with E-state index in [1.807, 2.05) is 6.07 Å². The lowest BCUT2D eigenvalue weighted by atomic mass is 9.96. The summed E-state index contributed by atoms with van der Waals surface area (Å²) < 4.78 is 5.85. The number of hydrogen-bond donors (Lipinski definition) is 1. The zero-order chi connectivity index (χ0) is 11.7. The molecule has 1 atom stereocenters. The molecule has 3 rings (SSSR count). The van der Waals surface area contributed by atoms with Crippen LogP contribution in [-0.4, -0.2) is 12.6 Å². The van der Waals surface area contributed by atoms with Gasteiger partial charge in [0.25, 0.3) is 0 Å². The minimum absolute atomic E-state index is 0.392. The molecule has 0 aromatic heterocycles. The van der Waals surface area contributed by atoms with Crippen molar-refractivity contribution in [3.05, 3.63) is 28.8 Å². The predicted octanol–water partition coefficient (Wildman–Crippen LogP) is 3.70. The molecule has 1 aliphatic heterocycles. The van der Waals surface area contributed by atoms with Crippen molar-refractivity contribution in [3.63, 3.8) is 0 Å². The molecular weight excluding hydrogens is 234 g/mol. The Morgan fingerprint density at radius 1 is 1.18 bits per heavy atom. The minimum atomic E-state index is 0.392. The second-order valence-electron chi connectivity index (χ2n) is 5.01. The highest BCUT2D eigenvalue weighted by Crippen LogP contribution is 2.33. The van der Waals surface area contributed by atoms with Crippen molar-refractivity contribution in [3.8, 4) is 5.75 Å². The van der Waals surface area contributed by atoms with E-state index in [0.29, 0.717) is 12.1 Å². The molecule has 0 amide bonds. The first-order valence-corrected chi connectivity index (χ1v) is 6.90. The van der Waals surface area contributed by atoms with Crippen molar-refractivity contribution in [2.75, 3.05) is 6.54 Å². The lowest BCUT2D eigenvalue weighted by molar-refractivity contribution is 0.120. The third kappa shape index (κ3) is 2.43. The van der Waals surface area contributed by atoms with E-state index in [-0.39, 0.29) is 0 Å². The summed E-state index contributed by atoms with van der Waals surface area (Å²) in [6.07, 6.45) is 6.47. The molecule has 92 valence electrons. The van der Waals surface area contributed by atoms with E-state index in [2.05, 4.69) is 17.4 Å². The van der Waals surface area contributed by atoms with Gasteiger partial charge in [-0.05, 0) is 56.3 Å². The summed E-state index contributed by atoms with van der Waals surface area (Å²) in [7, 11) is 0. The van der Waals surface area contributed by atoms with Crippen LogP contribution in [0.1, 0.15) is 43.7 Å². The molecule has 1 heterocycles. The molecule has 17 heavy (non-hydrogen) atoms. The lowest BCUT2D eigenvalue weighted by Crippen LogP contribution is -2.24. The number of hydrogen-bond acceptors (Lipinski definition) is 2. The first-order chi connectivity index (χ1) is 8.33. The van der Waals surface area contributed by atoms with E-state index in [1.54, 1.807) is 0 Å². The van der Waals surface area contributed by atoms with Gasteiger partial charge in [-0.2, -0.15) is 0 Å². The average Bonchev–Trinajstić information content (AvgIpc) is 2.78. The van der Waals surface area contributed by atoms with Crippen LogP contribution in [0.3, 0.4) is 0 Å². The molecule has 2 nitrogen and oxygen atoms in total. The molecule has 1 saturated heterocycles. The van der Waals surface area contributed by atoms with Gasteiger partial charge in [-0.15, -0.1) is 0 Å². The van der Waals surface area contributed by atoms with Crippen molar-refractivity contribution in [1.29, 1.82) is 0 Å². The van der Waals surface area contributed by atoms with Gasteiger partial charge in [0.15, 0.2) is 0 Å². The van der Waals surface area contributed by atoms with E-state index < -0.39 is 0 Å². The SMILES string of the molecule is Clc1cc(C2CCCN2)ccc1OC1CCC1. The predicted molar refractivity (Wildman–Crippen MR) is 69.7 cm³/mol. The minimum Gasteiger partial charge on any atom is -0.489 e. The maximum absolute atomic E-state index is 6.28. The molecule has 2 aliphatic rings. The van der Waals surface area contributed by atoms with Gasteiger partial charge in [-0.25, -0.2) is 0 Å². The lowest BCUT2D eigenvalue weighted by Gasteiger charge is -2.27. The summed E-state index contributed by atoms with van der Waals surface area (Å²) in [5.41, 5.74) is 1.29. The molecule has 1 unspecified atom stereocenters. The molecule has 1 aromatic carbocycles. The van der Waals surface area contributed by atoms with Crippen LogP contribution < -0.4 is 10.1 Å². The van der Waals surface area contributed by atoms with Crippen LogP contribution >= 0.6 is 11.6 Å². The summed E-state index contributed by atoms with van der Waals surface area (Å²) in [6.45, 7) is 1.11. The Balaban J connectivity index is 1.73. The molecule has 1 aliphatic carbocycles. The maximum Gasteiger partial charge on any atom is 0.138 e. The van der Waals surface area contributed by atoms with Gasteiger partial charge in [0, 0.05) is 6.04 Å². The molecule has 3 heteroatoms. The fraction of sp³-hybridized carbons (Fsp3) is 0.571. The Bertz CT molecular complexity index is 397. The van der Waals surface area contributed by atoms with Crippen LogP contribution in [0.25, 0.3) is 0 Å². The van der Waals surface area contributed by atoms with Crippen molar-refractivity contribution in [2.24, 2.45) is 0 Å². The smallest absolute Gasteiger partial charge is 0.138 e. The van der Waals surface area contributed by atoms with Crippen molar-refractivity contribution in [2.45, 2.75) is 44.2 Å². The highest BCUT2D eigenvalue weighted by Gasteiger charge is 2.21. The molecule has 0 bridgehead atoms. The van der Waals surface area contributed by atoms with Crippen molar-refractivity contribution >= 4 is 11.6 Å². The fourth-order valence-electron chi connectivity index (χ4n) is 2.47. The summed E-state index contributed by atoms with van der Waals surface area (Å²) in [6, 6.07) is 6.70. The van der Waals surface area contributed by atoms with Crippen LogP contribution in [0.15, 0.2) is 18.2 Å². The summed E-state index contributed by atoms with van der Waals surface area (Å²) >= 11 is 6.28. The number of rotatable bonds is 3. The first kappa shape index (κ1) is 11.4. The van der Waals surface area contributed by atoms with Gasteiger partial charge in [0.05, 0.1) is 11.1 Å². The van der Waals surface area contributed by atoms with Crippen LogP contribution in [-0.2, 0) is 0 Å². The number of benzene rings is 1.